The molecular formula is C46H60F2N12O5. The summed E-state index contributed by atoms with van der Waals surface area (Å²) in [5.41, 5.74) is 8.78. The molecule has 2 aliphatic carbocycles. The Balaban J connectivity index is 0.000000147. The Morgan fingerprint density at radius 1 is 0.646 bits per heavy atom. The Labute approximate surface area is 378 Å². The molecule has 1 amide bonds. The number of pyridine rings is 2. The molecule has 6 aliphatic rings. The van der Waals surface area contributed by atoms with Crippen LogP contribution >= 0.6 is 0 Å². The number of nitrogen functional groups attached to an aromatic ring is 1. The third kappa shape index (κ3) is 11.5. The van der Waals surface area contributed by atoms with Crippen molar-refractivity contribution in [1.82, 2.24) is 29.9 Å². The minimum absolute atomic E-state index is 0.0862. The molecule has 0 bridgehead atoms. The summed E-state index contributed by atoms with van der Waals surface area (Å²) in [7, 11) is 0. The van der Waals surface area contributed by atoms with Crippen molar-refractivity contribution in [3.63, 3.8) is 0 Å². The van der Waals surface area contributed by atoms with Crippen LogP contribution in [-0.4, -0.2) is 125 Å². The normalized spacial score (nSPS) is 21.8. The van der Waals surface area contributed by atoms with Gasteiger partial charge in [-0.05, 0) is 114 Å². The molecule has 2 saturated carbocycles. The molecule has 8 heterocycles. The molecule has 0 radical (unpaired) electrons. The van der Waals surface area contributed by atoms with Crippen LogP contribution in [0.25, 0.3) is 0 Å². The standard InChI is InChI=1S/C23H29FN6O2.C13H15FN2O2.C10H16N4O/c1-15-13-19(28-22(25-15)30-11-12-32-16(2)14-30)27-21(31)17-3-4-18(24)26-20(17)29-9-7-23(5-6-23)8-10-29;14-10-2-1-9(12(17)18)11(15-10)16-7-5-13(3-4-13)6-8-16;1-7-5-9(11)13-10(12-7)14-3-4-15-8(2)6-14/h3-4,13,16H,5-12,14H2,1-2H3,(H,25,27,28,31);1-2H,3-8H2,(H,17,18);5,8H,3-4,6H2,1-2H3,(H2,11,12,13)/t16-;;8-/m1.1/s1. The molecule has 2 atom stereocenters. The van der Waals surface area contributed by atoms with E-state index in [1.165, 1.54) is 43.9 Å². The smallest absolute Gasteiger partial charge is 0.339 e. The lowest BCUT2D eigenvalue weighted by atomic mass is 9.93. The maximum absolute atomic E-state index is 14.0. The summed E-state index contributed by atoms with van der Waals surface area (Å²) in [5.74, 6) is 0.304. The number of nitrogens with one attached hydrogen (secondary N) is 1. The number of aromatic nitrogens is 6. The van der Waals surface area contributed by atoms with Crippen LogP contribution in [0.2, 0.25) is 0 Å². The summed E-state index contributed by atoms with van der Waals surface area (Å²) in [5, 5.41) is 12.0. The van der Waals surface area contributed by atoms with E-state index in [4.69, 9.17) is 20.3 Å². The number of rotatable bonds is 7. The van der Waals surface area contributed by atoms with Crippen LogP contribution < -0.4 is 30.7 Å². The lowest BCUT2D eigenvalue weighted by Crippen LogP contribution is -2.42. The second kappa shape index (κ2) is 19.3. The van der Waals surface area contributed by atoms with Crippen molar-refractivity contribution < 1.29 is 33.0 Å². The number of aryl methyl sites for hydroxylation is 2. The molecule has 4 aliphatic heterocycles. The summed E-state index contributed by atoms with van der Waals surface area (Å²) in [6.45, 7) is 15.4. The molecule has 2 spiro atoms. The predicted molar refractivity (Wildman–Crippen MR) is 243 cm³/mol. The lowest BCUT2D eigenvalue weighted by molar-refractivity contribution is 0.0524. The van der Waals surface area contributed by atoms with Gasteiger partial charge >= 0.3 is 5.97 Å². The van der Waals surface area contributed by atoms with Gasteiger partial charge in [-0.1, -0.05) is 0 Å². The zero-order chi connectivity index (χ0) is 45.9. The second-order valence-corrected chi connectivity index (χ2v) is 18.4. The number of nitrogens with two attached hydrogens (primary N) is 1. The van der Waals surface area contributed by atoms with Crippen molar-refractivity contribution in [2.75, 3.05) is 96.2 Å². The largest absolute Gasteiger partial charge is 0.478 e. The van der Waals surface area contributed by atoms with E-state index in [1.54, 1.807) is 12.1 Å². The Bertz CT molecular complexity index is 2330. The van der Waals surface area contributed by atoms with Gasteiger partial charge in [0.1, 0.15) is 28.8 Å². The highest BCUT2D eigenvalue weighted by molar-refractivity contribution is 6.07. The zero-order valence-electron chi connectivity index (χ0n) is 37.7. The van der Waals surface area contributed by atoms with E-state index in [2.05, 4.69) is 45.0 Å². The number of piperidine rings is 2. The number of carbonyl (C=O) groups is 2. The van der Waals surface area contributed by atoms with Gasteiger partial charge in [-0.3, -0.25) is 4.79 Å². The third-order valence-electron chi connectivity index (χ3n) is 13.3. The van der Waals surface area contributed by atoms with E-state index >= 15 is 0 Å². The van der Waals surface area contributed by atoms with Crippen LogP contribution in [0.5, 0.6) is 0 Å². The molecule has 6 fully saturated rings. The number of morpholine rings is 2. The number of halogens is 2. The minimum atomic E-state index is -1.05. The summed E-state index contributed by atoms with van der Waals surface area (Å²) in [4.78, 5) is 58.0. The maximum atomic E-state index is 14.0. The molecule has 0 unspecified atom stereocenters. The van der Waals surface area contributed by atoms with Crippen LogP contribution in [-0.2, 0) is 9.47 Å². The number of nitrogens with zero attached hydrogens (tertiary/aromatic N) is 10. The Morgan fingerprint density at radius 2 is 1.11 bits per heavy atom. The van der Waals surface area contributed by atoms with Gasteiger partial charge in [0.05, 0.1) is 31.0 Å². The molecule has 4 aromatic heterocycles. The van der Waals surface area contributed by atoms with Crippen LogP contribution in [0.1, 0.15) is 97.3 Å². The monoisotopic (exact) mass is 898 g/mol. The average Bonchev–Trinajstić information content (AvgIpc) is 4.22. The van der Waals surface area contributed by atoms with Gasteiger partial charge in [0.2, 0.25) is 23.8 Å². The van der Waals surface area contributed by atoms with Crippen LogP contribution in [0.3, 0.4) is 0 Å². The van der Waals surface area contributed by atoms with Crippen molar-refractivity contribution in [3.8, 4) is 0 Å². The van der Waals surface area contributed by atoms with E-state index in [0.29, 0.717) is 65.4 Å². The van der Waals surface area contributed by atoms with Crippen LogP contribution in [0.15, 0.2) is 36.4 Å². The van der Waals surface area contributed by atoms with Crippen LogP contribution in [0.4, 0.5) is 43.9 Å². The molecule has 19 heteroatoms. The molecule has 17 nitrogen and oxygen atoms in total. The zero-order valence-corrected chi connectivity index (χ0v) is 37.7. The lowest BCUT2D eigenvalue weighted by Gasteiger charge is -2.33. The van der Waals surface area contributed by atoms with Crippen molar-refractivity contribution in [2.24, 2.45) is 10.8 Å². The predicted octanol–water partition coefficient (Wildman–Crippen LogP) is 6.07. The molecule has 10 rings (SSSR count). The van der Waals surface area contributed by atoms with Crippen LogP contribution in [0, 0.1) is 36.6 Å². The number of amides is 1. The highest BCUT2D eigenvalue weighted by atomic mass is 19.1. The fourth-order valence-electron chi connectivity index (χ4n) is 9.08. The highest BCUT2D eigenvalue weighted by Gasteiger charge is 2.46. The summed E-state index contributed by atoms with van der Waals surface area (Å²) in [6.07, 6.45) is 9.70. The van der Waals surface area contributed by atoms with E-state index in [0.717, 1.165) is 89.0 Å². The van der Waals surface area contributed by atoms with Crippen molar-refractivity contribution in [3.05, 3.63) is 70.8 Å². The quantitative estimate of drug-likeness (QED) is 0.180. The Morgan fingerprint density at radius 3 is 1.57 bits per heavy atom. The van der Waals surface area contributed by atoms with Gasteiger partial charge in [-0.2, -0.15) is 18.7 Å². The Hall–Kier alpha value is -5.82. The molecule has 348 valence electrons. The number of carbonyl (C=O) groups excluding carboxylic acids is 1. The number of aromatic carboxylic acids is 1. The first-order valence-corrected chi connectivity index (χ1v) is 22.7. The topological polar surface area (TPSA) is 201 Å². The summed E-state index contributed by atoms with van der Waals surface area (Å²) >= 11 is 0. The number of hydrogen-bond donors (Lipinski definition) is 3. The van der Waals surface area contributed by atoms with Crippen molar-refractivity contribution >= 4 is 47.0 Å². The first kappa shape index (κ1) is 45.7. The first-order chi connectivity index (χ1) is 31.1. The van der Waals surface area contributed by atoms with Gasteiger partial charge in [0.25, 0.3) is 5.91 Å². The van der Waals surface area contributed by atoms with E-state index in [1.807, 2.05) is 37.5 Å². The minimum Gasteiger partial charge on any atom is -0.478 e. The Kier molecular flexibility index (Phi) is 13.6. The fraction of sp³-hybridized carbons (Fsp3) is 0.565. The van der Waals surface area contributed by atoms with Crippen molar-refractivity contribution in [1.29, 1.82) is 0 Å². The fourth-order valence-corrected chi connectivity index (χ4v) is 9.08. The van der Waals surface area contributed by atoms with Gasteiger partial charge in [-0.25, -0.2) is 24.7 Å². The van der Waals surface area contributed by atoms with Crippen molar-refractivity contribution in [2.45, 2.75) is 91.3 Å². The molecule has 4 N–H and O–H groups in total. The van der Waals surface area contributed by atoms with E-state index in [-0.39, 0.29) is 29.5 Å². The molecule has 4 aromatic rings. The third-order valence-corrected chi connectivity index (χ3v) is 13.3. The van der Waals surface area contributed by atoms with Gasteiger partial charge in [0.15, 0.2) is 0 Å². The summed E-state index contributed by atoms with van der Waals surface area (Å²) in [6, 6.07) is 8.64. The maximum Gasteiger partial charge on any atom is 0.339 e. The molecular weight excluding hydrogens is 839 g/mol. The number of ether oxygens (including phenoxy) is 2. The number of carboxylic acids is 1. The average molecular weight is 899 g/mol. The first-order valence-electron chi connectivity index (χ1n) is 22.7. The second-order valence-electron chi connectivity index (χ2n) is 18.4. The number of carboxylic acid groups (broad SMARTS) is 1. The molecule has 0 aromatic carbocycles. The van der Waals surface area contributed by atoms with E-state index < -0.39 is 17.9 Å². The summed E-state index contributed by atoms with van der Waals surface area (Å²) < 4.78 is 38.3. The molecule has 65 heavy (non-hydrogen) atoms. The number of anilines is 6. The number of hydrogen-bond acceptors (Lipinski definition) is 15. The molecule has 4 saturated heterocycles. The van der Waals surface area contributed by atoms with Gasteiger partial charge in [0, 0.05) is 75.9 Å². The van der Waals surface area contributed by atoms with Gasteiger partial charge < -0.3 is 45.2 Å². The highest BCUT2D eigenvalue weighted by Crippen LogP contribution is 2.54. The van der Waals surface area contributed by atoms with E-state index in [9.17, 15) is 18.4 Å². The van der Waals surface area contributed by atoms with Gasteiger partial charge in [-0.15, -0.1) is 0 Å². The SMILES string of the molecule is Cc1cc(N)nc(N2CCO[C@H](C)C2)n1.Cc1cc(NC(=O)c2ccc(F)nc2N2CCC3(CC2)CC3)nc(N2CCO[C@H](C)C2)n1.O=C(O)c1ccc(F)nc1N1CCC2(CC1)CC2.